The Morgan fingerprint density at radius 2 is 1.37 bits per heavy atom. The summed E-state index contributed by atoms with van der Waals surface area (Å²) in [7, 11) is 2.15. The fourth-order valence-corrected chi connectivity index (χ4v) is 1.33. The summed E-state index contributed by atoms with van der Waals surface area (Å²) in [5.74, 6) is -12.6. The first-order valence-electron chi connectivity index (χ1n) is 4.71. The minimum Gasteiger partial charge on any atom is -0.375 e. The minimum absolute atomic E-state index is 0.195. The lowest BCUT2D eigenvalue weighted by Gasteiger charge is -2.23. The van der Waals surface area contributed by atoms with E-state index >= 15 is 0 Å². The van der Waals surface area contributed by atoms with Crippen LogP contribution in [0.3, 0.4) is 0 Å². The molecule has 0 radical (unpaired) electrons. The average Bonchev–Trinajstić information content (AvgIpc) is 2.21. The number of halogens is 8. The Kier molecular flexibility index (Phi) is 3.70. The highest BCUT2D eigenvalue weighted by Gasteiger charge is 2.62. The zero-order valence-corrected chi connectivity index (χ0v) is 9.55. The maximum Gasteiger partial charge on any atom is 0.458 e. The van der Waals surface area contributed by atoms with Gasteiger partial charge in [-0.25, -0.2) is 13.2 Å². The predicted molar refractivity (Wildman–Crippen MR) is 50.6 cm³/mol. The first kappa shape index (κ1) is 15.5. The molecule has 1 aromatic carbocycles. The molecule has 0 aliphatic carbocycles. The molecular weight excluding hydrogens is 286 g/mol. The molecule has 0 aliphatic heterocycles. The Balaban J connectivity index is 3.69. The van der Waals surface area contributed by atoms with Crippen molar-refractivity contribution in [2.45, 2.75) is 12.1 Å². The lowest BCUT2D eigenvalue weighted by atomic mass is 10.0. The van der Waals surface area contributed by atoms with Crippen LogP contribution in [0.1, 0.15) is 5.56 Å². The molecule has 0 saturated carbocycles. The number of anilines is 1. The van der Waals surface area contributed by atoms with E-state index in [2.05, 4.69) is 0 Å². The van der Waals surface area contributed by atoms with E-state index in [1.165, 1.54) is 0 Å². The molecule has 1 aromatic rings. The van der Waals surface area contributed by atoms with E-state index in [9.17, 15) is 35.1 Å². The fraction of sp³-hybridized carbons (Fsp3) is 0.400. The Bertz CT molecular complexity index is 491. The molecule has 1 rings (SSSR count). The molecule has 0 unspecified atom stereocenters. The molecule has 0 heterocycles. The molecule has 0 aromatic heterocycles. The lowest BCUT2D eigenvalue weighted by molar-refractivity contribution is -0.291. The molecule has 0 spiro atoms. The van der Waals surface area contributed by atoms with Crippen molar-refractivity contribution in [1.82, 2.24) is 0 Å². The second-order valence-corrected chi connectivity index (χ2v) is 3.85. The maximum atomic E-state index is 13.6. The van der Waals surface area contributed by atoms with Crippen molar-refractivity contribution in [2.75, 3.05) is 19.0 Å². The van der Waals surface area contributed by atoms with Crippen molar-refractivity contribution in [3.63, 3.8) is 0 Å². The van der Waals surface area contributed by atoms with Crippen LogP contribution in [0.25, 0.3) is 0 Å². The molecule has 9 heteroatoms. The molecule has 108 valence electrons. The van der Waals surface area contributed by atoms with Gasteiger partial charge in [-0.05, 0) is 0 Å². The molecule has 0 saturated heterocycles. The molecular formula is C10H7F8N. The third-order valence-electron chi connectivity index (χ3n) is 2.29. The Morgan fingerprint density at radius 1 is 0.895 bits per heavy atom. The number of hydrogen-bond acceptors (Lipinski definition) is 1. The molecule has 0 amide bonds. The number of rotatable bonds is 2. The smallest absolute Gasteiger partial charge is 0.375 e. The highest BCUT2D eigenvalue weighted by atomic mass is 19.4. The average molecular weight is 293 g/mol. The van der Waals surface area contributed by atoms with E-state index in [1.807, 2.05) is 0 Å². The van der Waals surface area contributed by atoms with Crippen LogP contribution < -0.4 is 4.90 Å². The van der Waals surface area contributed by atoms with Gasteiger partial charge in [-0.15, -0.1) is 0 Å². The van der Waals surface area contributed by atoms with E-state index < -0.39 is 40.8 Å². The van der Waals surface area contributed by atoms with E-state index in [1.54, 1.807) is 0 Å². The molecule has 0 bridgehead atoms. The monoisotopic (exact) mass is 293 g/mol. The van der Waals surface area contributed by atoms with Gasteiger partial charge >= 0.3 is 12.1 Å². The largest absolute Gasteiger partial charge is 0.458 e. The van der Waals surface area contributed by atoms with Crippen molar-refractivity contribution < 1.29 is 35.1 Å². The summed E-state index contributed by atoms with van der Waals surface area (Å²) in [5.41, 5.74) is -3.57. The van der Waals surface area contributed by atoms with Gasteiger partial charge in [0, 0.05) is 20.2 Å². The van der Waals surface area contributed by atoms with Crippen LogP contribution in [-0.2, 0) is 5.92 Å². The van der Waals surface area contributed by atoms with Crippen molar-refractivity contribution in [1.29, 1.82) is 0 Å². The van der Waals surface area contributed by atoms with Crippen LogP contribution in [-0.4, -0.2) is 20.3 Å². The lowest BCUT2D eigenvalue weighted by Crippen LogP contribution is -2.36. The topological polar surface area (TPSA) is 3.24 Å². The van der Waals surface area contributed by atoms with Gasteiger partial charge in [-0.3, -0.25) is 0 Å². The molecule has 0 aliphatic rings. The van der Waals surface area contributed by atoms with Crippen LogP contribution in [0.5, 0.6) is 0 Å². The second-order valence-electron chi connectivity index (χ2n) is 3.85. The van der Waals surface area contributed by atoms with Gasteiger partial charge in [0.25, 0.3) is 0 Å². The van der Waals surface area contributed by atoms with Crippen molar-refractivity contribution in [3.8, 4) is 0 Å². The van der Waals surface area contributed by atoms with Crippen LogP contribution >= 0.6 is 0 Å². The number of benzene rings is 1. The molecule has 1 nitrogen and oxygen atoms in total. The summed E-state index contributed by atoms with van der Waals surface area (Å²) in [6.07, 6.45) is -6.24. The Hall–Kier alpha value is -1.54. The van der Waals surface area contributed by atoms with Gasteiger partial charge in [0.15, 0.2) is 17.5 Å². The van der Waals surface area contributed by atoms with E-state index in [-0.39, 0.29) is 6.07 Å². The van der Waals surface area contributed by atoms with Gasteiger partial charge in [-0.2, -0.15) is 22.0 Å². The zero-order valence-electron chi connectivity index (χ0n) is 9.55. The highest BCUT2D eigenvalue weighted by molar-refractivity contribution is 5.51. The minimum atomic E-state index is -6.24. The van der Waals surface area contributed by atoms with Crippen molar-refractivity contribution in [2.24, 2.45) is 0 Å². The second kappa shape index (κ2) is 4.53. The molecule has 0 atom stereocenters. The number of nitrogens with zero attached hydrogens (tertiary/aromatic N) is 1. The van der Waals surface area contributed by atoms with Gasteiger partial charge in [0.1, 0.15) is 5.56 Å². The first-order valence-corrected chi connectivity index (χ1v) is 4.71. The molecule has 19 heavy (non-hydrogen) atoms. The third kappa shape index (κ3) is 2.45. The van der Waals surface area contributed by atoms with E-state index in [0.29, 0.717) is 0 Å². The van der Waals surface area contributed by atoms with Crippen molar-refractivity contribution in [3.05, 3.63) is 29.1 Å². The summed E-state index contributed by atoms with van der Waals surface area (Å²) >= 11 is 0. The van der Waals surface area contributed by atoms with E-state index in [0.717, 1.165) is 19.0 Å². The summed E-state index contributed by atoms with van der Waals surface area (Å²) in [5, 5.41) is 0. The third-order valence-corrected chi connectivity index (χ3v) is 2.29. The standard InChI is InChI=1S/C10H7F8N/c1-19(2)5-3-4(11)7(12)6(8(5)13)9(14,15)10(16,17)18/h3H,1-2H3. The van der Waals surface area contributed by atoms with E-state index in [4.69, 9.17) is 0 Å². The normalized spacial score (nSPS) is 12.7. The quantitative estimate of drug-likeness (QED) is 0.592. The summed E-state index contributed by atoms with van der Waals surface area (Å²) in [6.45, 7) is 0. The zero-order chi connectivity index (χ0) is 15.2. The number of alkyl halides is 5. The molecule has 0 fully saturated rings. The Morgan fingerprint density at radius 3 is 1.74 bits per heavy atom. The summed E-state index contributed by atoms with van der Waals surface area (Å²) in [6, 6.07) is 0.195. The van der Waals surface area contributed by atoms with Gasteiger partial charge < -0.3 is 4.90 Å². The Labute approximate surface area is 102 Å². The number of hydrogen-bond donors (Lipinski definition) is 0. The fourth-order valence-electron chi connectivity index (χ4n) is 1.33. The molecule has 0 N–H and O–H groups in total. The van der Waals surface area contributed by atoms with Crippen molar-refractivity contribution >= 4 is 5.69 Å². The first-order chi connectivity index (χ1) is 8.41. The predicted octanol–water partition coefficient (Wildman–Crippen LogP) is 3.82. The summed E-state index contributed by atoms with van der Waals surface area (Å²) < 4.78 is 102. The van der Waals surface area contributed by atoms with Crippen LogP contribution in [0, 0.1) is 17.5 Å². The van der Waals surface area contributed by atoms with Gasteiger partial charge in [-0.1, -0.05) is 0 Å². The van der Waals surface area contributed by atoms with Crippen LogP contribution in [0.15, 0.2) is 6.07 Å². The van der Waals surface area contributed by atoms with Gasteiger partial charge in [0.2, 0.25) is 0 Å². The van der Waals surface area contributed by atoms with Crippen LogP contribution in [0.2, 0.25) is 0 Å². The SMILES string of the molecule is CN(C)c1cc(F)c(F)c(C(F)(F)C(F)(F)F)c1F. The maximum absolute atomic E-state index is 13.6. The highest BCUT2D eigenvalue weighted by Crippen LogP contribution is 2.47. The summed E-state index contributed by atoms with van der Waals surface area (Å²) in [4.78, 5) is 0.744. The van der Waals surface area contributed by atoms with Crippen LogP contribution in [0.4, 0.5) is 40.8 Å². The van der Waals surface area contributed by atoms with Gasteiger partial charge in [0.05, 0.1) is 5.69 Å².